The second-order valence-corrected chi connectivity index (χ2v) is 14.4. The first kappa shape index (κ1) is 34.6. The number of aryl methyl sites for hydroxylation is 4. The maximum absolute atomic E-state index is 9.17. The molecule has 4 heterocycles. The van der Waals surface area contributed by atoms with Crippen molar-refractivity contribution in [2.75, 3.05) is 0 Å². The fraction of sp³-hybridized carbons (Fsp3) is 0.227. The lowest BCUT2D eigenvalue weighted by molar-refractivity contribution is 0.182. The van der Waals surface area contributed by atoms with Crippen LogP contribution in [-0.2, 0) is 12.8 Å². The molecule has 2 N–H and O–H groups in total. The predicted molar refractivity (Wildman–Crippen MR) is 211 cm³/mol. The van der Waals surface area contributed by atoms with Crippen LogP contribution in [0.25, 0.3) is 33.2 Å². The molecule has 10 rings (SSSR count). The lowest BCUT2D eigenvalue weighted by atomic mass is 9.88. The van der Waals surface area contributed by atoms with Gasteiger partial charge in [-0.15, -0.1) is 0 Å². The molecule has 12 heteroatoms. The molecule has 8 aromatic rings. The van der Waals surface area contributed by atoms with Gasteiger partial charge in [0.05, 0.1) is 59.1 Å². The van der Waals surface area contributed by atoms with Crippen molar-refractivity contribution >= 4 is 21.8 Å². The minimum absolute atomic E-state index is 0.00191. The van der Waals surface area contributed by atoms with Gasteiger partial charge < -0.3 is 9.47 Å². The normalized spacial score (nSPS) is 15.9. The molecule has 2 aliphatic rings. The van der Waals surface area contributed by atoms with E-state index in [9.17, 15) is 0 Å². The van der Waals surface area contributed by atoms with Gasteiger partial charge in [-0.25, -0.2) is 9.36 Å². The average molecular weight is 739 g/mol. The number of nitrogens with zero attached hydrogens (tertiary/aromatic N) is 8. The van der Waals surface area contributed by atoms with Crippen molar-refractivity contribution < 1.29 is 9.47 Å². The molecular weight excluding hydrogens is 701 g/mol. The minimum atomic E-state index is -0.00191. The van der Waals surface area contributed by atoms with Crippen LogP contribution in [0.2, 0.25) is 0 Å². The number of rotatable bonds is 6. The van der Waals surface area contributed by atoms with Gasteiger partial charge in [0.1, 0.15) is 35.1 Å². The first-order valence-corrected chi connectivity index (χ1v) is 18.8. The topological polar surface area (TPSA) is 159 Å². The van der Waals surface area contributed by atoms with Gasteiger partial charge in [-0.1, -0.05) is 12.1 Å². The Morgan fingerprint density at radius 1 is 0.625 bits per heavy atom. The van der Waals surface area contributed by atoms with Gasteiger partial charge in [-0.3, -0.25) is 10.2 Å². The summed E-state index contributed by atoms with van der Waals surface area (Å²) in [6.45, 7) is 4.12. The van der Waals surface area contributed by atoms with Gasteiger partial charge in [0.15, 0.2) is 0 Å². The lowest BCUT2D eigenvalue weighted by Gasteiger charge is -2.27. The zero-order valence-electron chi connectivity index (χ0n) is 31.0. The molecule has 12 nitrogen and oxygen atoms in total. The summed E-state index contributed by atoms with van der Waals surface area (Å²) in [5.74, 6) is 1.72. The van der Waals surface area contributed by atoms with Crippen LogP contribution >= 0.6 is 0 Å². The smallest absolute Gasteiger partial charge is 0.125 e. The maximum Gasteiger partial charge on any atom is 0.125 e. The molecule has 4 aromatic carbocycles. The first-order chi connectivity index (χ1) is 27.4. The molecule has 56 heavy (non-hydrogen) atoms. The molecule has 1 unspecified atom stereocenters. The molecule has 0 saturated heterocycles. The van der Waals surface area contributed by atoms with Crippen molar-refractivity contribution in [1.82, 2.24) is 40.0 Å². The van der Waals surface area contributed by atoms with E-state index in [1.165, 1.54) is 22.3 Å². The van der Waals surface area contributed by atoms with Crippen LogP contribution in [0.5, 0.6) is 11.5 Å². The summed E-state index contributed by atoms with van der Waals surface area (Å²) in [4.78, 5) is 0. The summed E-state index contributed by atoms with van der Waals surface area (Å²) < 4.78 is 16.7. The Kier molecular flexibility index (Phi) is 9.00. The Balaban J connectivity index is 0.000000146. The molecule has 0 spiro atoms. The zero-order valence-corrected chi connectivity index (χ0v) is 31.0. The predicted octanol–water partition coefficient (Wildman–Crippen LogP) is 8.77. The number of nitrogens with one attached hydrogen (secondary N) is 2. The van der Waals surface area contributed by atoms with Crippen molar-refractivity contribution in [3.63, 3.8) is 0 Å². The summed E-state index contributed by atoms with van der Waals surface area (Å²) in [5, 5.41) is 43.1. The van der Waals surface area contributed by atoms with E-state index < -0.39 is 0 Å². The molecule has 0 aliphatic heterocycles. The first-order valence-electron chi connectivity index (χ1n) is 18.8. The van der Waals surface area contributed by atoms with Gasteiger partial charge >= 0.3 is 0 Å². The zero-order chi connectivity index (χ0) is 38.2. The van der Waals surface area contributed by atoms with Crippen molar-refractivity contribution in [2.24, 2.45) is 0 Å². The number of ether oxygens (including phenoxy) is 2. The minimum Gasteiger partial charge on any atom is -0.485 e. The van der Waals surface area contributed by atoms with E-state index in [1.807, 2.05) is 70.5 Å². The van der Waals surface area contributed by atoms with Crippen LogP contribution in [0, 0.1) is 36.5 Å². The number of nitriles is 2. The SMILES string of the molecule is Cc1cc2cnn(-c3cn[nH]c3)c2cc1OC1CCCc2cc(C#N)ccc21.Cc1cc2cnn(-c3cn[nH]c3)c2cc1O[C@H]1CCCc2cc(C#N)ccc21. The molecule has 0 amide bonds. The summed E-state index contributed by atoms with van der Waals surface area (Å²) >= 11 is 0. The Bertz CT molecular complexity index is 2590. The molecule has 0 bridgehead atoms. The Morgan fingerprint density at radius 3 is 1.50 bits per heavy atom. The molecule has 0 fully saturated rings. The highest BCUT2D eigenvalue weighted by molar-refractivity contribution is 5.84. The van der Waals surface area contributed by atoms with Crippen LogP contribution < -0.4 is 9.47 Å². The van der Waals surface area contributed by atoms with Crippen LogP contribution in [-0.4, -0.2) is 40.0 Å². The fourth-order valence-electron chi connectivity index (χ4n) is 7.95. The number of aromatic nitrogens is 8. The van der Waals surface area contributed by atoms with Crippen LogP contribution in [0.1, 0.15) is 82.4 Å². The third kappa shape index (κ3) is 6.52. The highest BCUT2D eigenvalue weighted by atomic mass is 16.5. The van der Waals surface area contributed by atoms with Crippen molar-refractivity contribution in [1.29, 1.82) is 10.5 Å². The second kappa shape index (κ2) is 14.6. The molecule has 4 aromatic heterocycles. The molecule has 0 radical (unpaired) electrons. The standard InChI is InChI=1S/2C22H19N5O/c2*1-14-7-17-11-26-27(18-12-24-25-13-18)20(17)9-22(14)28-21-4-2-3-16-8-15(10-23)5-6-19(16)21/h2*5-9,11-13,21H,2-4H2,1H3,(H,24,25)/t21-;/m0./s1. The number of benzene rings is 4. The number of aromatic amines is 2. The molecule has 2 atom stereocenters. The van der Waals surface area contributed by atoms with Crippen molar-refractivity contribution in [2.45, 2.75) is 64.6 Å². The number of hydrogen-bond donors (Lipinski definition) is 2. The van der Waals surface area contributed by atoms with Crippen LogP contribution in [0.4, 0.5) is 0 Å². The van der Waals surface area contributed by atoms with E-state index in [-0.39, 0.29) is 12.2 Å². The quantitative estimate of drug-likeness (QED) is 0.171. The number of hydrogen-bond acceptors (Lipinski definition) is 8. The largest absolute Gasteiger partial charge is 0.485 e. The molecule has 2 aliphatic carbocycles. The maximum atomic E-state index is 9.17. The van der Waals surface area contributed by atoms with Crippen LogP contribution in [0.3, 0.4) is 0 Å². The van der Waals surface area contributed by atoms with E-state index in [4.69, 9.17) is 20.0 Å². The fourth-order valence-corrected chi connectivity index (χ4v) is 7.95. The van der Waals surface area contributed by atoms with E-state index in [1.54, 1.807) is 12.4 Å². The molecular formula is C44H38N10O2. The van der Waals surface area contributed by atoms with Crippen molar-refractivity contribution in [3.05, 3.63) is 142 Å². The average Bonchev–Trinajstić information content (AvgIpc) is 4.07. The third-order valence-electron chi connectivity index (χ3n) is 10.8. The van der Waals surface area contributed by atoms with E-state index in [0.29, 0.717) is 11.1 Å². The van der Waals surface area contributed by atoms with Gasteiger partial charge in [-0.2, -0.15) is 30.9 Å². The Labute approximate surface area is 322 Å². The van der Waals surface area contributed by atoms with Gasteiger partial charge in [0, 0.05) is 35.3 Å². The summed E-state index contributed by atoms with van der Waals surface area (Å²) in [6.07, 6.45) is 16.9. The molecule has 276 valence electrons. The van der Waals surface area contributed by atoms with E-state index in [2.05, 4.69) is 80.8 Å². The van der Waals surface area contributed by atoms with E-state index >= 15 is 0 Å². The highest BCUT2D eigenvalue weighted by Crippen LogP contribution is 2.38. The van der Waals surface area contributed by atoms with Gasteiger partial charge in [0.2, 0.25) is 0 Å². The van der Waals surface area contributed by atoms with Crippen molar-refractivity contribution in [3.8, 4) is 35.0 Å². The third-order valence-corrected chi connectivity index (χ3v) is 10.8. The van der Waals surface area contributed by atoms with Gasteiger partial charge in [-0.05, 0) is 122 Å². The Hall–Kier alpha value is -7.18. The van der Waals surface area contributed by atoms with E-state index in [0.717, 1.165) is 94.3 Å². The lowest BCUT2D eigenvalue weighted by Crippen LogP contribution is -2.16. The highest BCUT2D eigenvalue weighted by Gasteiger charge is 2.25. The number of H-pyrrole nitrogens is 2. The number of fused-ring (bicyclic) bond motifs is 4. The Morgan fingerprint density at radius 2 is 1.09 bits per heavy atom. The monoisotopic (exact) mass is 738 g/mol. The van der Waals surface area contributed by atoms with Gasteiger partial charge in [0.25, 0.3) is 0 Å². The van der Waals surface area contributed by atoms with Crippen LogP contribution in [0.15, 0.2) is 97.8 Å². The summed E-state index contributed by atoms with van der Waals surface area (Å²) in [7, 11) is 0. The second-order valence-electron chi connectivity index (χ2n) is 14.4. The summed E-state index contributed by atoms with van der Waals surface area (Å²) in [5.41, 5.74) is 12.1. The summed E-state index contributed by atoms with van der Waals surface area (Å²) in [6, 6.07) is 24.6. The molecule has 0 saturated carbocycles.